The number of anilines is 2. The van der Waals surface area contributed by atoms with E-state index in [1.54, 1.807) is 0 Å². The largest absolute Gasteiger partial charge is 0.386 e. The van der Waals surface area contributed by atoms with Gasteiger partial charge in [-0.05, 0) is 24.0 Å². The molecule has 29 heavy (non-hydrogen) atoms. The number of aliphatic hydroxyl groups is 1. The predicted octanol–water partition coefficient (Wildman–Crippen LogP) is 1.84. The van der Waals surface area contributed by atoms with Gasteiger partial charge in [-0.25, -0.2) is 10.4 Å². The molecule has 8 nitrogen and oxygen atoms in total. The van der Waals surface area contributed by atoms with Gasteiger partial charge in [-0.1, -0.05) is 31.2 Å². The van der Waals surface area contributed by atoms with Gasteiger partial charge in [-0.15, -0.1) is 0 Å². The third-order valence-electron chi connectivity index (χ3n) is 5.47. The van der Waals surface area contributed by atoms with Gasteiger partial charge in [0.2, 0.25) is 5.95 Å². The SMILES string of the molecule is CCCNC1=CN(NC)Cc2c(NC3Cc4ccccc4C3O)nc(NC)nc21. The lowest BCUT2D eigenvalue weighted by Crippen LogP contribution is -2.36. The van der Waals surface area contributed by atoms with Crippen LogP contribution in [0, 0.1) is 0 Å². The fourth-order valence-electron chi connectivity index (χ4n) is 3.93. The van der Waals surface area contributed by atoms with E-state index >= 15 is 0 Å². The molecule has 0 saturated heterocycles. The molecule has 1 aliphatic heterocycles. The molecule has 0 bridgehead atoms. The van der Waals surface area contributed by atoms with Gasteiger partial charge in [0.05, 0.1) is 24.4 Å². The maximum Gasteiger partial charge on any atom is 0.225 e. The van der Waals surface area contributed by atoms with Crippen molar-refractivity contribution in [3.05, 3.63) is 52.8 Å². The number of hydrazine groups is 1. The Morgan fingerprint density at radius 2 is 2.03 bits per heavy atom. The van der Waals surface area contributed by atoms with Crippen LogP contribution in [-0.2, 0) is 13.0 Å². The Balaban J connectivity index is 1.69. The Labute approximate surface area is 171 Å². The highest BCUT2D eigenvalue weighted by atomic mass is 16.3. The van der Waals surface area contributed by atoms with Gasteiger partial charge in [0, 0.05) is 32.4 Å². The summed E-state index contributed by atoms with van der Waals surface area (Å²) in [6.07, 6.45) is 3.26. The van der Waals surface area contributed by atoms with E-state index in [1.165, 1.54) is 5.56 Å². The summed E-state index contributed by atoms with van der Waals surface area (Å²) in [6, 6.07) is 7.93. The normalized spacial score (nSPS) is 20.0. The maximum atomic E-state index is 10.8. The molecule has 2 unspecified atom stereocenters. The molecule has 2 atom stereocenters. The van der Waals surface area contributed by atoms with Crippen molar-refractivity contribution in [3.63, 3.8) is 0 Å². The fraction of sp³-hybridized carbons (Fsp3) is 0.429. The van der Waals surface area contributed by atoms with E-state index in [-0.39, 0.29) is 6.04 Å². The lowest BCUT2D eigenvalue weighted by atomic mass is 10.1. The van der Waals surface area contributed by atoms with Crippen LogP contribution < -0.4 is 21.4 Å². The van der Waals surface area contributed by atoms with E-state index in [2.05, 4.69) is 34.4 Å². The number of aliphatic hydroxyl groups excluding tert-OH is 1. The van der Waals surface area contributed by atoms with Crippen molar-refractivity contribution in [2.45, 2.75) is 38.5 Å². The van der Waals surface area contributed by atoms with Crippen LogP contribution in [0.4, 0.5) is 11.8 Å². The fourth-order valence-corrected chi connectivity index (χ4v) is 3.93. The highest BCUT2D eigenvalue weighted by Crippen LogP contribution is 2.35. The lowest BCUT2D eigenvalue weighted by Gasteiger charge is -2.30. The number of hydrogen-bond acceptors (Lipinski definition) is 8. The summed E-state index contributed by atoms with van der Waals surface area (Å²) < 4.78 is 0. The van der Waals surface area contributed by atoms with Gasteiger partial charge in [0.25, 0.3) is 0 Å². The van der Waals surface area contributed by atoms with Crippen LogP contribution in [0.5, 0.6) is 0 Å². The van der Waals surface area contributed by atoms with Crippen LogP contribution in [0.3, 0.4) is 0 Å². The molecule has 154 valence electrons. The highest BCUT2D eigenvalue weighted by molar-refractivity contribution is 5.71. The Morgan fingerprint density at radius 3 is 2.76 bits per heavy atom. The van der Waals surface area contributed by atoms with E-state index in [1.807, 2.05) is 43.5 Å². The first-order chi connectivity index (χ1) is 14.1. The summed E-state index contributed by atoms with van der Waals surface area (Å²) in [5.74, 6) is 1.30. The van der Waals surface area contributed by atoms with E-state index in [4.69, 9.17) is 9.97 Å². The summed E-state index contributed by atoms with van der Waals surface area (Å²) in [7, 11) is 3.71. The molecule has 0 spiro atoms. The van der Waals surface area contributed by atoms with Crippen molar-refractivity contribution in [2.24, 2.45) is 0 Å². The first-order valence-electron chi connectivity index (χ1n) is 10.2. The van der Waals surface area contributed by atoms with Gasteiger partial charge in [0.1, 0.15) is 11.5 Å². The van der Waals surface area contributed by atoms with Crippen LogP contribution in [0.1, 0.15) is 41.8 Å². The molecule has 2 heterocycles. The number of fused-ring (bicyclic) bond motifs is 2. The highest BCUT2D eigenvalue weighted by Gasteiger charge is 2.32. The van der Waals surface area contributed by atoms with E-state index in [9.17, 15) is 5.11 Å². The average molecular weight is 396 g/mol. The number of nitrogens with one attached hydrogen (secondary N) is 4. The first kappa shape index (κ1) is 19.5. The third kappa shape index (κ3) is 3.73. The second-order valence-electron chi connectivity index (χ2n) is 7.39. The summed E-state index contributed by atoms with van der Waals surface area (Å²) in [5.41, 5.74) is 8.21. The van der Waals surface area contributed by atoms with Crippen molar-refractivity contribution < 1.29 is 5.11 Å². The summed E-state index contributed by atoms with van der Waals surface area (Å²) in [6.45, 7) is 3.63. The van der Waals surface area contributed by atoms with Gasteiger partial charge in [-0.2, -0.15) is 4.98 Å². The molecule has 8 heteroatoms. The third-order valence-corrected chi connectivity index (χ3v) is 5.47. The van der Waals surface area contributed by atoms with Crippen LogP contribution in [0.25, 0.3) is 5.70 Å². The van der Waals surface area contributed by atoms with E-state index < -0.39 is 6.10 Å². The molecular weight excluding hydrogens is 366 g/mol. The quantitative estimate of drug-likeness (QED) is 0.485. The minimum atomic E-state index is -0.563. The van der Waals surface area contributed by atoms with Crippen LogP contribution in [0.2, 0.25) is 0 Å². The van der Waals surface area contributed by atoms with Gasteiger partial charge < -0.3 is 26.1 Å². The first-order valence-corrected chi connectivity index (χ1v) is 10.2. The summed E-state index contributed by atoms with van der Waals surface area (Å²) >= 11 is 0. The average Bonchev–Trinajstić information content (AvgIpc) is 3.07. The van der Waals surface area contributed by atoms with Crippen molar-refractivity contribution in [1.82, 2.24) is 25.7 Å². The number of nitrogens with zero attached hydrogens (tertiary/aromatic N) is 3. The van der Waals surface area contributed by atoms with Gasteiger partial charge in [-0.3, -0.25) is 0 Å². The lowest BCUT2D eigenvalue weighted by molar-refractivity contribution is 0.166. The number of benzene rings is 1. The monoisotopic (exact) mass is 395 g/mol. The molecule has 0 radical (unpaired) electrons. The van der Waals surface area contributed by atoms with Gasteiger partial charge in [0.15, 0.2) is 0 Å². The van der Waals surface area contributed by atoms with Crippen molar-refractivity contribution in [2.75, 3.05) is 31.3 Å². The standard InChI is InChI=1S/C21H29N7O/c1-4-9-24-17-12-28(23-3)11-15-18(17)26-21(22-2)27-20(15)25-16-10-13-7-5-6-8-14(13)19(16)29/h5-8,12,16,19,23-24,29H,4,9-11H2,1-3H3,(H2,22,25,26,27). The molecule has 2 aliphatic rings. The number of hydrogen-bond donors (Lipinski definition) is 5. The Morgan fingerprint density at radius 1 is 1.21 bits per heavy atom. The molecule has 1 aliphatic carbocycles. The van der Waals surface area contributed by atoms with Crippen molar-refractivity contribution >= 4 is 17.5 Å². The van der Waals surface area contributed by atoms with Crippen LogP contribution in [0.15, 0.2) is 30.5 Å². The van der Waals surface area contributed by atoms with Crippen molar-refractivity contribution in [3.8, 4) is 0 Å². The molecule has 0 saturated carbocycles. The Bertz CT molecular complexity index is 914. The minimum Gasteiger partial charge on any atom is -0.386 e. The Kier molecular flexibility index (Phi) is 5.55. The molecule has 1 aromatic carbocycles. The molecule has 5 N–H and O–H groups in total. The maximum absolute atomic E-state index is 10.8. The zero-order chi connectivity index (χ0) is 20.4. The zero-order valence-corrected chi connectivity index (χ0v) is 17.2. The molecule has 0 fully saturated rings. The molecule has 2 aromatic rings. The molecule has 0 amide bonds. The zero-order valence-electron chi connectivity index (χ0n) is 17.2. The topological polar surface area (TPSA) is 97.4 Å². The Hall–Kier alpha value is -2.84. The minimum absolute atomic E-state index is 0.128. The van der Waals surface area contributed by atoms with Gasteiger partial charge >= 0.3 is 0 Å². The second kappa shape index (κ2) is 8.26. The van der Waals surface area contributed by atoms with Crippen LogP contribution >= 0.6 is 0 Å². The number of rotatable bonds is 7. The van der Waals surface area contributed by atoms with E-state index in [0.717, 1.165) is 47.7 Å². The smallest absolute Gasteiger partial charge is 0.225 e. The predicted molar refractivity (Wildman–Crippen MR) is 115 cm³/mol. The molecule has 1 aromatic heterocycles. The molecule has 4 rings (SSSR count). The summed E-state index contributed by atoms with van der Waals surface area (Å²) in [4.78, 5) is 9.41. The summed E-state index contributed by atoms with van der Waals surface area (Å²) in [5, 5.41) is 22.9. The molecular formula is C21H29N7O. The second-order valence-corrected chi connectivity index (χ2v) is 7.39. The van der Waals surface area contributed by atoms with Crippen molar-refractivity contribution in [1.29, 1.82) is 0 Å². The number of aromatic nitrogens is 2. The van der Waals surface area contributed by atoms with E-state index in [0.29, 0.717) is 12.5 Å². The van der Waals surface area contributed by atoms with Crippen LogP contribution in [-0.4, -0.2) is 46.8 Å².